The Labute approximate surface area is 143 Å². The molecule has 6 nitrogen and oxygen atoms in total. The summed E-state index contributed by atoms with van der Waals surface area (Å²) in [6, 6.07) is 10.9. The number of methoxy groups -OCH3 is 1. The third kappa shape index (κ3) is 2.94. The van der Waals surface area contributed by atoms with Crippen LogP contribution >= 0.6 is 0 Å². The van der Waals surface area contributed by atoms with Gasteiger partial charge in [-0.15, -0.1) is 0 Å². The van der Waals surface area contributed by atoms with Crippen LogP contribution in [0.3, 0.4) is 0 Å². The number of carbonyl (C=O) groups excluding carboxylic acids is 1. The second-order valence-electron chi connectivity index (χ2n) is 5.76. The second-order valence-corrected chi connectivity index (χ2v) is 5.76. The van der Waals surface area contributed by atoms with Crippen molar-refractivity contribution in [2.75, 3.05) is 12.4 Å². The van der Waals surface area contributed by atoms with Crippen molar-refractivity contribution in [3.05, 3.63) is 54.1 Å². The van der Waals surface area contributed by atoms with Crippen LogP contribution in [0.2, 0.25) is 0 Å². The number of amides is 1. The molecule has 0 atom stereocenters. The Morgan fingerprint density at radius 3 is 2.92 bits per heavy atom. The van der Waals surface area contributed by atoms with Crippen LogP contribution in [0.1, 0.15) is 11.5 Å². The normalized spacial score (nSPS) is 11.1. The van der Waals surface area contributed by atoms with Crippen LogP contribution in [0.25, 0.3) is 22.1 Å². The molecule has 0 fully saturated rings. The number of oxazole rings is 1. The molecule has 25 heavy (non-hydrogen) atoms. The van der Waals surface area contributed by atoms with Gasteiger partial charge in [0.05, 0.1) is 19.8 Å². The minimum absolute atomic E-state index is 0.127. The van der Waals surface area contributed by atoms with Crippen LogP contribution in [-0.4, -0.2) is 18.0 Å². The van der Waals surface area contributed by atoms with Crippen LogP contribution in [0.15, 0.2) is 51.5 Å². The van der Waals surface area contributed by atoms with E-state index in [-0.39, 0.29) is 12.3 Å². The Morgan fingerprint density at radius 1 is 1.20 bits per heavy atom. The molecule has 0 saturated carbocycles. The summed E-state index contributed by atoms with van der Waals surface area (Å²) in [4.78, 5) is 16.6. The third-order valence-corrected chi connectivity index (χ3v) is 3.99. The zero-order valence-corrected chi connectivity index (χ0v) is 13.8. The van der Waals surface area contributed by atoms with E-state index in [1.807, 2.05) is 12.1 Å². The van der Waals surface area contributed by atoms with Crippen LogP contribution in [-0.2, 0) is 11.2 Å². The topological polar surface area (TPSA) is 77.5 Å². The molecular weight excluding hydrogens is 320 g/mol. The zero-order valence-electron chi connectivity index (χ0n) is 13.8. The summed E-state index contributed by atoms with van der Waals surface area (Å²) in [7, 11) is 1.60. The first-order valence-electron chi connectivity index (χ1n) is 7.83. The number of hydrogen-bond donors (Lipinski definition) is 1. The molecule has 0 aliphatic carbocycles. The minimum Gasteiger partial charge on any atom is -0.497 e. The van der Waals surface area contributed by atoms with Gasteiger partial charge in [-0.2, -0.15) is 0 Å². The monoisotopic (exact) mass is 336 g/mol. The summed E-state index contributed by atoms with van der Waals surface area (Å²) in [6.07, 6.45) is 1.82. The smallest absolute Gasteiger partial charge is 0.228 e. The Hall–Kier alpha value is -3.28. The van der Waals surface area contributed by atoms with Gasteiger partial charge in [-0.25, -0.2) is 4.98 Å². The molecule has 1 amide bonds. The van der Waals surface area contributed by atoms with Crippen LogP contribution in [0.5, 0.6) is 5.75 Å². The Bertz CT molecular complexity index is 1080. The average Bonchev–Trinajstić information content (AvgIpc) is 3.16. The highest BCUT2D eigenvalue weighted by Gasteiger charge is 2.12. The fraction of sp³-hybridized carbons (Fsp3) is 0.158. The maximum atomic E-state index is 12.4. The van der Waals surface area contributed by atoms with E-state index in [0.717, 1.165) is 16.5 Å². The SMILES string of the molecule is COc1ccc2c(CC(=O)Nc3ccc4oc(C)nc4c3)coc2c1. The van der Waals surface area contributed by atoms with Gasteiger partial charge in [0.2, 0.25) is 5.91 Å². The third-order valence-electron chi connectivity index (χ3n) is 3.99. The highest BCUT2D eigenvalue weighted by molar-refractivity contribution is 5.96. The number of aryl methyl sites for hydroxylation is 1. The van der Waals surface area contributed by atoms with Gasteiger partial charge < -0.3 is 18.9 Å². The molecule has 2 heterocycles. The molecule has 1 N–H and O–H groups in total. The molecule has 6 heteroatoms. The van der Waals surface area contributed by atoms with E-state index in [2.05, 4.69) is 10.3 Å². The molecule has 2 aromatic heterocycles. The fourth-order valence-corrected chi connectivity index (χ4v) is 2.83. The van der Waals surface area contributed by atoms with E-state index in [1.54, 1.807) is 44.6 Å². The molecule has 0 aliphatic heterocycles. The molecule has 0 aliphatic rings. The lowest BCUT2D eigenvalue weighted by Gasteiger charge is -2.04. The predicted octanol–water partition coefficient (Wildman–Crippen LogP) is 4.07. The standard InChI is InChI=1S/C19H16N2O4/c1-11-20-16-8-13(3-6-17(16)25-11)21-19(22)7-12-10-24-18-9-14(23-2)4-5-15(12)18/h3-6,8-10H,7H2,1-2H3,(H,21,22). The predicted molar refractivity (Wildman–Crippen MR) is 93.8 cm³/mol. The lowest BCUT2D eigenvalue weighted by molar-refractivity contribution is -0.115. The number of furan rings is 1. The van der Waals surface area contributed by atoms with Crippen LogP contribution < -0.4 is 10.1 Å². The molecule has 0 radical (unpaired) electrons. The van der Waals surface area contributed by atoms with E-state index in [0.29, 0.717) is 28.5 Å². The van der Waals surface area contributed by atoms with Gasteiger partial charge in [-0.1, -0.05) is 0 Å². The van der Waals surface area contributed by atoms with E-state index in [1.165, 1.54) is 0 Å². The van der Waals surface area contributed by atoms with Crippen molar-refractivity contribution < 1.29 is 18.4 Å². The van der Waals surface area contributed by atoms with Crippen LogP contribution in [0, 0.1) is 6.92 Å². The van der Waals surface area contributed by atoms with E-state index >= 15 is 0 Å². The number of fused-ring (bicyclic) bond motifs is 2. The van der Waals surface area contributed by atoms with Crippen molar-refractivity contribution in [3.8, 4) is 5.75 Å². The molecule has 0 saturated heterocycles. The summed E-state index contributed by atoms with van der Waals surface area (Å²) in [5, 5.41) is 3.78. The Balaban J connectivity index is 1.53. The quantitative estimate of drug-likeness (QED) is 0.608. The maximum Gasteiger partial charge on any atom is 0.228 e. The van der Waals surface area contributed by atoms with Gasteiger partial charge in [0.15, 0.2) is 11.5 Å². The van der Waals surface area contributed by atoms with Gasteiger partial charge in [0.25, 0.3) is 0 Å². The molecule has 4 rings (SSSR count). The van der Waals surface area contributed by atoms with Gasteiger partial charge >= 0.3 is 0 Å². The van der Waals surface area contributed by atoms with Crippen molar-refractivity contribution in [1.29, 1.82) is 0 Å². The van der Waals surface area contributed by atoms with Crippen molar-refractivity contribution >= 4 is 33.7 Å². The summed E-state index contributed by atoms with van der Waals surface area (Å²) in [6.45, 7) is 1.79. The van der Waals surface area contributed by atoms with E-state index in [4.69, 9.17) is 13.6 Å². The number of aromatic nitrogens is 1. The number of benzene rings is 2. The van der Waals surface area contributed by atoms with E-state index in [9.17, 15) is 4.79 Å². The van der Waals surface area contributed by atoms with Crippen molar-refractivity contribution in [2.24, 2.45) is 0 Å². The Kier molecular flexibility index (Phi) is 3.65. The second kappa shape index (κ2) is 5.98. The largest absolute Gasteiger partial charge is 0.497 e. The number of nitrogens with zero attached hydrogens (tertiary/aromatic N) is 1. The highest BCUT2D eigenvalue weighted by Crippen LogP contribution is 2.26. The van der Waals surface area contributed by atoms with Gasteiger partial charge in [0, 0.05) is 29.6 Å². The fourth-order valence-electron chi connectivity index (χ4n) is 2.83. The number of rotatable bonds is 4. The zero-order chi connectivity index (χ0) is 17.4. The lowest BCUT2D eigenvalue weighted by atomic mass is 10.1. The number of carbonyl (C=O) groups is 1. The van der Waals surface area contributed by atoms with Crippen molar-refractivity contribution in [3.63, 3.8) is 0 Å². The van der Waals surface area contributed by atoms with Gasteiger partial charge in [-0.05, 0) is 30.3 Å². The first-order chi connectivity index (χ1) is 12.1. The molecule has 126 valence electrons. The van der Waals surface area contributed by atoms with Crippen LogP contribution in [0.4, 0.5) is 5.69 Å². The molecule has 4 aromatic rings. The summed E-state index contributed by atoms with van der Waals surface area (Å²) in [5.41, 5.74) is 3.62. The Morgan fingerprint density at radius 2 is 2.08 bits per heavy atom. The molecule has 0 spiro atoms. The number of nitrogens with one attached hydrogen (secondary N) is 1. The molecule has 0 bridgehead atoms. The van der Waals surface area contributed by atoms with Crippen molar-refractivity contribution in [1.82, 2.24) is 4.98 Å². The average molecular weight is 336 g/mol. The molecular formula is C19H16N2O4. The van der Waals surface area contributed by atoms with E-state index < -0.39 is 0 Å². The first kappa shape index (κ1) is 15.3. The van der Waals surface area contributed by atoms with Crippen molar-refractivity contribution in [2.45, 2.75) is 13.3 Å². The lowest BCUT2D eigenvalue weighted by Crippen LogP contribution is -2.14. The molecule has 0 unspecified atom stereocenters. The highest BCUT2D eigenvalue weighted by atomic mass is 16.5. The summed E-state index contributed by atoms with van der Waals surface area (Å²) in [5.74, 6) is 1.19. The van der Waals surface area contributed by atoms with Gasteiger partial charge in [0.1, 0.15) is 16.8 Å². The summed E-state index contributed by atoms with van der Waals surface area (Å²) < 4.78 is 16.1. The first-order valence-corrected chi connectivity index (χ1v) is 7.83. The number of anilines is 1. The van der Waals surface area contributed by atoms with Gasteiger partial charge in [-0.3, -0.25) is 4.79 Å². The maximum absolute atomic E-state index is 12.4. The minimum atomic E-state index is -0.127. The number of ether oxygens (including phenoxy) is 1. The summed E-state index contributed by atoms with van der Waals surface area (Å²) >= 11 is 0. The number of hydrogen-bond acceptors (Lipinski definition) is 5. The molecule has 2 aromatic carbocycles.